The summed E-state index contributed by atoms with van der Waals surface area (Å²) < 4.78 is 20.1. The summed E-state index contributed by atoms with van der Waals surface area (Å²) in [6.07, 6.45) is 1.87. The first-order chi connectivity index (χ1) is 13.9. The molecule has 3 aromatic rings. The number of rotatable bonds is 7. The molecule has 1 amide bonds. The average Bonchev–Trinajstić information content (AvgIpc) is 3.18. The van der Waals surface area contributed by atoms with E-state index in [1.165, 1.54) is 19.2 Å². The number of nitrogens with one attached hydrogen (secondary N) is 2. The summed E-state index contributed by atoms with van der Waals surface area (Å²) in [4.78, 5) is 32.4. The Hall–Kier alpha value is -3.16. The molecule has 0 bridgehead atoms. The minimum absolute atomic E-state index is 0.281. The van der Waals surface area contributed by atoms with Gasteiger partial charge >= 0.3 is 5.97 Å². The lowest BCUT2D eigenvalue weighted by atomic mass is 10.0. The summed E-state index contributed by atoms with van der Waals surface area (Å²) in [6, 6.07) is 4.46. The molecule has 154 valence electrons. The largest absolute Gasteiger partial charge is 0.465 e. The van der Waals surface area contributed by atoms with Crippen molar-refractivity contribution in [3.8, 4) is 0 Å². The minimum Gasteiger partial charge on any atom is -0.465 e. The zero-order chi connectivity index (χ0) is 21.1. The number of aromatic nitrogens is 3. The van der Waals surface area contributed by atoms with Crippen molar-refractivity contribution in [1.29, 1.82) is 0 Å². The molecule has 2 heterocycles. The van der Waals surface area contributed by atoms with Crippen LogP contribution in [0.4, 0.5) is 4.39 Å². The third-order valence-electron chi connectivity index (χ3n) is 4.98. The number of aryl methyl sites for hydroxylation is 2. The Balaban J connectivity index is 1.74. The second-order valence-corrected chi connectivity index (χ2v) is 6.95. The molecule has 0 spiro atoms. The van der Waals surface area contributed by atoms with Crippen LogP contribution in [0.1, 0.15) is 51.3 Å². The zero-order valence-electron chi connectivity index (χ0n) is 17.1. The van der Waals surface area contributed by atoms with E-state index in [4.69, 9.17) is 4.74 Å². The summed E-state index contributed by atoms with van der Waals surface area (Å²) in [5.41, 5.74) is 3.52. The maximum absolute atomic E-state index is 13.5. The number of fused-ring (bicyclic) bond motifs is 1. The molecule has 0 saturated heterocycles. The molecule has 3 rings (SSSR count). The predicted octanol–water partition coefficient (Wildman–Crippen LogP) is 3.06. The van der Waals surface area contributed by atoms with Crippen molar-refractivity contribution in [2.24, 2.45) is 7.05 Å². The van der Waals surface area contributed by atoms with Gasteiger partial charge in [0.2, 0.25) is 0 Å². The summed E-state index contributed by atoms with van der Waals surface area (Å²) in [7, 11) is 3.15. The van der Waals surface area contributed by atoms with Crippen molar-refractivity contribution in [2.45, 2.75) is 33.1 Å². The zero-order valence-corrected chi connectivity index (χ0v) is 17.1. The predicted molar refractivity (Wildman–Crippen MR) is 108 cm³/mol. The molecule has 0 unspecified atom stereocenters. The molecule has 0 aliphatic heterocycles. The van der Waals surface area contributed by atoms with Crippen LogP contribution < -0.4 is 5.32 Å². The highest BCUT2D eigenvalue weighted by Gasteiger charge is 2.24. The monoisotopic (exact) mass is 400 g/mol. The molecule has 2 aromatic heterocycles. The molecular weight excluding hydrogens is 375 g/mol. The van der Waals surface area contributed by atoms with Gasteiger partial charge in [0.1, 0.15) is 17.3 Å². The molecule has 0 fully saturated rings. The Morgan fingerprint density at radius 1 is 1.31 bits per heavy atom. The van der Waals surface area contributed by atoms with Gasteiger partial charge < -0.3 is 19.6 Å². The molecule has 7 nitrogen and oxygen atoms in total. The Labute approximate surface area is 168 Å². The van der Waals surface area contributed by atoms with Gasteiger partial charge in [0.15, 0.2) is 0 Å². The van der Waals surface area contributed by atoms with E-state index in [1.807, 2.05) is 18.5 Å². The lowest BCUT2D eigenvalue weighted by Crippen LogP contribution is -2.27. The number of imidazole rings is 1. The number of hydrogen-bond donors (Lipinski definition) is 2. The number of amides is 1. The van der Waals surface area contributed by atoms with Crippen molar-refractivity contribution < 1.29 is 18.7 Å². The van der Waals surface area contributed by atoms with Crippen LogP contribution >= 0.6 is 0 Å². The number of methoxy groups -OCH3 is 1. The van der Waals surface area contributed by atoms with Gasteiger partial charge in [-0.15, -0.1) is 0 Å². The highest BCUT2D eigenvalue weighted by Crippen LogP contribution is 2.22. The van der Waals surface area contributed by atoms with E-state index in [0.29, 0.717) is 52.9 Å². The number of hydrogen-bond acceptors (Lipinski definition) is 4. The quantitative estimate of drug-likeness (QED) is 0.597. The number of ether oxygens (including phenoxy) is 1. The number of carbonyl (C=O) groups is 2. The van der Waals surface area contributed by atoms with Gasteiger partial charge in [-0.3, -0.25) is 4.79 Å². The Morgan fingerprint density at radius 2 is 2.07 bits per heavy atom. The van der Waals surface area contributed by atoms with Crippen molar-refractivity contribution in [2.75, 3.05) is 13.7 Å². The van der Waals surface area contributed by atoms with Gasteiger partial charge in [0, 0.05) is 25.7 Å². The summed E-state index contributed by atoms with van der Waals surface area (Å²) >= 11 is 0. The third-order valence-corrected chi connectivity index (χ3v) is 4.98. The van der Waals surface area contributed by atoms with Gasteiger partial charge in [-0.1, -0.05) is 13.3 Å². The summed E-state index contributed by atoms with van der Waals surface area (Å²) in [5, 5.41) is 2.88. The van der Waals surface area contributed by atoms with E-state index < -0.39 is 5.97 Å². The minimum atomic E-state index is -0.451. The molecular formula is C21H25FN4O3. The molecule has 1 aromatic carbocycles. The first-order valence-corrected chi connectivity index (χ1v) is 9.56. The van der Waals surface area contributed by atoms with Gasteiger partial charge in [-0.25, -0.2) is 14.2 Å². The van der Waals surface area contributed by atoms with Crippen LogP contribution in [0.5, 0.6) is 0 Å². The van der Waals surface area contributed by atoms with Crippen molar-refractivity contribution in [1.82, 2.24) is 19.9 Å². The topological polar surface area (TPSA) is 89.0 Å². The maximum atomic E-state index is 13.5. The summed E-state index contributed by atoms with van der Waals surface area (Å²) in [5.74, 6) is -0.297. The van der Waals surface area contributed by atoms with Gasteiger partial charge in [0.25, 0.3) is 5.91 Å². The van der Waals surface area contributed by atoms with Gasteiger partial charge in [-0.05, 0) is 37.1 Å². The molecule has 0 radical (unpaired) electrons. The Morgan fingerprint density at radius 3 is 2.76 bits per heavy atom. The SMILES string of the molecule is CCCc1c(C(=O)NCCc2nc3ccc(F)cc3n2C)[nH]c(C)c1C(=O)OC. The van der Waals surface area contributed by atoms with E-state index in [2.05, 4.69) is 15.3 Å². The van der Waals surface area contributed by atoms with Crippen molar-refractivity contribution in [3.05, 3.63) is 52.4 Å². The lowest BCUT2D eigenvalue weighted by Gasteiger charge is -2.07. The number of nitrogens with zero attached hydrogens (tertiary/aromatic N) is 2. The third kappa shape index (κ3) is 4.01. The fraction of sp³-hybridized carbons (Fsp3) is 0.381. The number of H-pyrrole nitrogens is 1. The standard InChI is InChI=1S/C21H25FN4O3/c1-5-6-14-18(21(28)29-4)12(2)24-19(14)20(27)23-10-9-17-25-15-8-7-13(22)11-16(15)26(17)3/h7-8,11,24H,5-6,9-10H2,1-4H3,(H,23,27). The number of carbonyl (C=O) groups excluding carboxylic acids is 2. The van der Waals surface area contributed by atoms with Crippen LogP contribution in [0.2, 0.25) is 0 Å². The molecule has 0 aliphatic rings. The van der Waals surface area contributed by atoms with E-state index in [9.17, 15) is 14.0 Å². The Kier molecular flexibility index (Phi) is 6.00. The number of aromatic amines is 1. The number of esters is 1. The van der Waals surface area contributed by atoms with Crippen molar-refractivity contribution in [3.63, 3.8) is 0 Å². The van der Waals surface area contributed by atoms with E-state index in [1.54, 1.807) is 13.0 Å². The highest BCUT2D eigenvalue weighted by molar-refractivity contribution is 6.00. The van der Waals surface area contributed by atoms with E-state index in [-0.39, 0.29) is 11.7 Å². The smallest absolute Gasteiger partial charge is 0.339 e. The molecule has 8 heteroatoms. The second kappa shape index (κ2) is 8.46. The van der Waals surface area contributed by atoms with Crippen LogP contribution in [0, 0.1) is 12.7 Å². The summed E-state index contributed by atoms with van der Waals surface area (Å²) in [6.45, 7) is 4.09. The van der Waals surface area contributed by atoms with Crippen LogP contribution in [0.15, 0.2) is 18.2 Å². The fourth-order valence-electron chi connectivity index (χ4n) is 3.56. The number of halogens is 1. The fourth-order valence-corrected chi connectivity index (χ4v) is 3.56. The van der Waals surface area contributed by atoms with E-state index in [0.717, 1.165) is 12.2 Å². The van der Waals surface area contributed by atoms with Crippen LogP contribution in [0.25, 0.3) is 11.0 Å². The van der Waals surface area contributed by atoms with E-state index >= 15 is 0 Å². The molecule has 29 heavy (non-hydrogen) atoms. The van der Waals surface area contributed by atoms with Crippen molar-refractivity contribution >= 4 is 22.9 Å². The molecule has 0 saturated carbocycles. The molecule has 2 N–H and O–H groups in total. The molecule has 0 atom stereocenters. The van der Waals surface area contributed by atoms with Crippen LogP contribution in [-0.4, -0.2) is 40.1 Å². The molecule has 0 aliphatic carbocycles. The Bertz CT molecular complexity index is 1070. The van der Waals surface area contributed by atoms with Gasteiger partial charge in [-0.2, -0.15) is 0 Å². The van der Waals surface area contributed by atoms with Crippen LogP contribution in [-0.2, 0) is 24.6 Å². The highest BCUT2D eigenvalue weighted by atomic mass is 19.1. The first-order valence-electron chi connectivity index (χ1n) is 9.56. The second-order valence-electron chi connectivity index (χ2n) is 6.95. The first kappa shape index (κ1) is 20.6. The lowest BCUT2D eigenvalue weighted by molar-refractivity contribution is 0.0599. The normalized spacial score (nSPS) is 11.1. The van der Waals surface area contributed by atoms with Crippen LogP contribution in [0.3, 0.4) is 0 Å². The maximum Gasteiger partial charge on any atom is 0.339 e. The van der Waals surface area contributed by atoms with Gasteiger partial charge in [0.05, 0.1) is 23.7 Å². The number of benzene rings is 1. The average molecular weight is 400 g/mol.